The molecule has 1 aliphatic heterocycles. The first-order chi connectivity index (χ1) is 9.26. The maximum atomic E-state index is 11.8. The molecule has 1 aromatic carbocycles. The fourth-order valence-electron chi connectivity index (χ4n) is 1.99. The van der Waals surface area contributed by atoms with E-state index in [0.717, 1.165) is 29.9 Å². The van der Waals surface area contributed by atoms with Crippen LogP contribution in [0.3, 0.4) is 0 Å². The van der Waals surface area contributed by atoms with Crippen LogP contribution < -0.4 is 10.1 Å². The van der Waals surface area contributed by atoms with Crippen molar-refractivity contribution in [3.63, 3.8) is 0 Å². The predicted octanol–water partition coefficient (Wildman–Crippen LogP) is 1.47. The van der Waals surface area contributed by atoms with Gasteiger partial charge in [-0.05, 0) is 42.7 Å². The monoisotopic (exact) mass is 260 g/mol. The highest BCUT2D eigenvalue weighted by molar-refractivity contribution is 6.04. The third-order valence-corrected chi connectivity index (χ3v) is 3.31. The van der Waals surface area contributed by atoms with Crippen molar-refractivity contribution in [2.24, 2.45) is 5.16 Å². The highest BCUT2D eigenvalue weighted by Crippen LogP contribution is 2.22. The third kappa shape index (κ3) is 2.70. The molecule has 0 radical (unpaired) electrons. The molecule has 0 spiro atoms. The second kappa shape index (κ2) is 4.91. The molecule has 1 saturated carbocycles. The normalized spacial score (nSPS) is 21.5. The zero-order chi connectivity index (χ0) is 13.2. The van der Waals surface area contributed by atoms with Crippen LogP contribution in [0.2, 0.25) is 0 Å². The zero-order valence-electron chi connectivity index (χ0n) is 10.8. The number of ether oxygens (including phenoxy) is 1. The SMILES string of the molecule is COc1ccc(C2=NO[C@@H](C(=O)NC3CC3)C2)cc1. The number of carbonyl (C=O) groups is 1. The molecule has 3 rings (SSSR count). The van der Waals surface area contributed by atoms with Crippen molar-refractivity contribution in [2.45, 2.75) is 31.4 Å². The van der Waals surface area contributed by atoms with Crippen molar-refractivity contribution < 1.29 is 14.4 Å². The van der Waals surface area contributed by atoms with Crippen molar-refractivity contribution >= 4 is 11.6 Å². The Labute approximate surface area is 111 Å². The average Bonchev–Trinajstić information content (AvgIpc) is 3.11. The fourth-order valence-corrected chi connectivity index (χ4v) is 1.99. The molecule has 1 fully saturated rings. The van der Waals surface area contributed by atoms with E-state index in [-0.39, 0.29) is 5.91 Å². The van der Waals surface area contributed by atoms with Gasteiger partial charge < -0.3 is 14.9 Å². The summed E-state index contributed by atoms with van der Waals surface area (Å²) < 4.78 is 5.11. The Bertz CT molecular complexity index is 506. The summed E-state index contributed by atoms with van der Waals surface area (Å²) in [7, 11) is 1.63. The van der Waals surface area contributed by atoms with Gasteiger partial charge in [0.25, 0.3) is 5.91 Å². The molecule has 1 aliphatic carbocycles. The molecule has 0 aromatic heterocycles. The lowest BCUT2D eigenvalue weighted by molar-refractivity contribution is -0.131. The number of nitrogens with zero attached hydrogens (tertiary/aromatic N) is 1. The van der Waals surface area contributed by atoms with Gasteiger partial charge in [0.1, 0.15) is 5.75 Å². The quantitative estimate of drug-likeness (QED) is 0.891. The van der Waals surface area contributed by atoms with Crippen molar-refractivity contribution in [3.8, 4) is 5.75 Å². The first-order valence-electron chi connectivity index (χ1n) is 6.44. The largest absolute Gasteiger partial charge is 0.497 e. The van der Waals surface area contributed by atoms with E-state index in [9.17, 15) is 4.79 Å². The lowest BCUT2D eigenvalue weighted by atomic mass is 10.0. The molecule has 1 atom stereocenters. The van der Waals surface area contributed by atoms with E-state index in [1.54, 1.807) is 7.11 Å². The van der Waals surface area contributed by atoms with Crippen molar-refractivity contribution in [2.75, 3.05) is 7.11 Å². The number of benzene rings is 1. The average molecular weight is 260 g/mol. The van der Waals surface area contributed by atoms with Gasteiger partial charge in [0.15, 0.2) is 0 Å². The fraction of sp³-hybridized carbons (Fsp3) is 0.429. The highest BCUT2D eigenvalue weighted by Gasteiger charge is 2.32. The van der Waals surface area contributed by atoms with Crippen molar-refractivity contribution in [3.05, 3.63) is 29.8 Å². The highest BCUT2D eigenvalue weighted by atomic mass is 16.6. The van der Waals surface area contributed by atoms with Gasteiger partial charge in [-0.1, -0.05) is 5.16 Å². The summed E-state index contributed by atoms with van der Waals surface area (Å²) in [6.07, 6.45) is 2.18. The van der Waals surface area contributed by atoms with E-state index < -0.39 is 6.10 Å². The number of oxime groups is 1. The molecule has 0 bridgehead atoms. The van der Waals surface area contributed by atoms with E-state index >= 15 is 0 Å². The Morgan fingerprint density at radius 2 is 2.11 bits per heavy atom. The molecule has 0 unspecified atom stereocenters. The maximum absolute atomic E-state index is 11.8. The van der Waals surface area contributed by atoms with Gasteiger partial charge in [-0.25, -0.2) is 0 Å². The van der Waals surface area contributed by atoms with Gasteiger partial charge in [0.2, 0.25) is 6.10 Å². The molecule has 19 heavy (non-hydrogen) atoms. The molecule has 1 heterocycles. The van der Waals surface area contributed by atoms with Gasteiger partial charge in [-0.3, -0.25) is 4.79 Å². The van der Waals surface area contributed by atoms with Crippen LogP contribution in [0.1, 0.15) is 24.8 Å². The minimum Gasteiger partial charge on any atom is -0.497 e. The van der Waals surface area contributed by atoms with E-state index in [2.05, 4.69) is 10.5 Å². The Morgan fingerprint density at radius 3 is 2.74 bits per heavy atom. The lowest BCUT2D eigenvalue weighted by Crippen LogP contribution is -2.36. The second-order valence-corrected chi connectivity index (χ2v) is 4.85. The van der Waals surface area contributed by atoms with Crippen LogP contribution in [0.5, 0.6) is 5.75 Å². The first-order valence-corrected chi connectivity index (χ1v) is 6.44. The Morgan fingerprint density at radius 1 is 1.37 bits per heavy atom. The number of nitrogens with one attached hydrogen (secondary N) is 1. The Balaban J connectivity index is 1.61. The molecule has 100 valence electrons. The van der Waals surface area contributed by atoms with Crippen LogP contribution in [0, 0.1) is 0 Å². The molecule has 0 saturated heterocycles. The molecule has 1 amide bonds. The Hall–Kier alpha value is -2.04. The molecule has 1 aromatic rings. The van der Waals surface area contributed by atoms with Gasteiger partial charge >= 0.3 is 0 Å². The molecule has 1 N–H and O–H groups in total. The number of hydrogen-bond donors (Lipinski definition) is 1. The minimum absolute atomic E-state index is 0.0604. The van der Waals surface area contributed by atoms with Crippen LogP contribution in [0.25, 0.3) is 0 Å². The van der Waals surface area contributed by atoms with Crippen molar-refractivity contribution in [1.29, 1.82) is 0 Å². The number of rotatable bonds is 4. The lowest BCUT2D eigenvalue weighted by Gasteiger charge is -2.08. The van der Waals surface area contributed by atoms with E-state index in [0.29, 0.717) is 12.5 Å². The Kier molecular flexibility index (Phi) is 3.11. The molecular weight excluding hydrogens is 244 g/mol. The van der Waals surface area contributed by atoms with Gasteiger partial charge in [-0.15, -0.1) is 0 Å². The summed E-state index contributed by atoms with van der Waals surface area (Å²) in [6.45, 7) is 0. The predicted molar refractivity (Wildman–Crippen MR) is 70.2 cm³/mol. The number of amides is 1. The van der Waals surface area contributed by atoms with Crippen LogP contribution in [0.4, 0.5) is 0 Å². The van der Waals surface area contributed by atoms with Gasteiger partial charge in [0, 0.05) is 12.5 Å². The van der Waals surface area contributed by atoms with Crippen LogP contribution >= 0.6 is 0 Å². The summed E-state index contributed by atoms with van der Waals surface area (Å²) in [5, 5.41) is 6.94. The minimum atomic E-state index is -0.488. The summed E-state index contributed by atoms with van der Waals surface area (Å²) in [5.74, 6) is 0.737. The maximum Gasteiger partial charge on any atom is 0.264 e. The molecule has 5 nitrogen and oxygen atoms in total. The zero-order valence-corrected chi connectivity index (χ0v) is 10.8. The summed E-state index contributed by atoms with van der Waals surface area (Å²) in [4.78, 5) is 17.1. The summed E-state index contributed by atoms with van der Waals surface area (Å²) in [6, 6.07) is 7.93. The number of hydrogen-bond acceptors (Lipinski definition) is 4. The summed E-state index contributed by atoms with van der Waals surface area (Å²) in [5.41, 5.74) is 1.76. The third-order valence-electron chi connectivity index (χ3n) is 3.31. The van der Waals surface area contributed by atoms with Crippen molar-refractivity contribution in [1.82, 2.24) is 5.32 Å². The molecule has 2 aliphatic rings. The number of methoxy groups -OCH3 is 1. The van der Waals surface area contributed by atoms with Crippen LogP contribution in [-0.2, 0) is 9.63 Å². The van der Waals surface area contributed by atoms with Crippen LogP contribution in [-0.4, -0.2) is 30.9 Å². The summed E-state index contributed by atoms with van der Waals surface area (Å²) >= 11 is 0. The van der Waals surface area contributed by atoms with E-state index in [1.807, 2.05) is 24.3 Å². The smallest absolute Gasteiger partial charge is 0.264 e. The van der Waals surface area contributed by atoms with Gasteiger partial charge in [0.05, 0.1) is 12.8 Å². The molecular formula is C14H16N2O3. The first kappa shape index (κ1) is 12.0. The van der Waals surface area contributed by atoms with Crippen LogP contribution in [0.15, 0.2) is 29.4 Å². The van der Waals surface area contributed by atoms with E-state index in [4.69, 9.17) is 9.57 Å². The van der Waals surface area contributed by atoms with Gasteiger partial charge in [-0.2, -0.15) is 0 Å². The standard InChI is InChI=1S/C14H16N2O3/c1-18-11-6-2-9(3-7-11)12-8-13(19-16-12)14(17)15-10-4-5-10/h2-3,6-7,10,13H,4-5,8H2,1H3,(H,15,17)/t13-/m1/s1. The molecule has 5 heteroatoms. The number of carbonyl (C=O) groups excluding carboxylic acids is 1. The van der Waals surface area contributed by atoms with E-state index in [1.165, 1.54) is 0 Å². The topological polar surface area (TPSA) is 59.9 Å². The second-order valence-electron chi connectivity index (χ2n) is 4.85.